The van der Waals surface area contributed by atoms with Crippen LogP contribution in [0.5, 0.6) is 0 Å². The van der Waals surface area contributed by atoms with Crippen LogP contribution in [-0.2, 0) is 4.74 Å². The van der Waals surface area contributed by atoms with E-state index >= 15 is 0 Å². The van der Waals surface area contributed by atoms with Crippen molar-refractivity contribution in [3.05, 3.63) is 0 Å². The Balaban J connectivity index is 1.96. The Kier molecular flexibility index (Phi) is 4.83. The fraction of sp³-hybridized carbons (Fsp3) is 1.00. The fourth-order valence-electron chi connectivity index (χ4n) is 3.48. The lowest BCUT2D eigenvalue weighted by molar-refractivity contribution is 0.0344. The molecule has 0 radical (unpaired) electrons. The molecule has 0 aromatic carbocycles. The molecule has 17 heavy (non-hydrogen) atoms. The van der Waals surface area contributed by atoms with Gasteiger partial charge in [0.25, 0.3) is 0 Å². The molecule has 0 amide bonds. The Labute approximate surface area is 106 Å². The molecule has 3 atom stereocenters. The van der Waals surface area contributed by atoms with Crippen molar-refractivity contribution in [2.75, 3.05) is 27.3 Å². The van der Waals surface area contributed by atoms with Crippen molar-refractivity contribution in [1.29, 1.82) is 0 Å². The second-order valence-corrected chi connectivity index (χ2v) is 5.87. The van der Waals surface area contributed by atoms with Crippen LogP contribution < -0.4 is 5.73 Å². The summed E-state index contributed by atoms with van der Waals surface area (Å²) in [5, 5.41) is 0. The number of likely N-dealkylation sites (N-methyl/N-ethyl adjacent to an activating group) is 1. The van der Waals surface area contributed by atoms with Gasteiger partial charge in [-0.25, -0.2) is 0 Å². The minimum absolute atomic E-state index is 0.622. The van der Waals surface area contributed by atoms with E-state index in [1.807, 2.05) is 7.11 Å². The van der Waals surface area contributed by atoms with E-state index < -0.39 is 0 Å². The van der Waals surface area contributed by atoms with Crippen LogP contribution in [0.3, 0.4) is 0 Å². The summed E-state index contributed by atoms with van der Waals surface area (Å²) >= 11 is 0. The molecule has 0 aromatic rings. The number of rotatable bonds is 6. The summed E-state index contributed by atoms with van der Waals surface area (Å²) in [5.41, 5.74) is 5.94. The van der Waals surface area contributed by atoms with Crippen molar-refractivity contribution in [1.82, 2.24) is 4.90 Å². The second-order valence-electron chi connectivity index (χ2n) is 5.87. The summed E-state index contributed by atoms with van der Waals surface area (Å²) < 4.78 is 5.41. The Hall–Kier alpha value is -0.120. The lowest BCUT2D eigenvalue weighted by atomic mass is 9.83. The molecule has 2 fully saturated rings. The summed E-state index contributed by atoms with van der Waals surface area (Å²) in [4.78, 5) is 2.60. The molecule has 100 valence electrons. The minimum atomic E-state index is 0.622. The van der Waals surface area contributed by atoms with Gasteiger partial charge < -0.3 is 10.5 Å². The number of nitrogens with two attached hydrogens (primary N) is 1. The summed E-state index contributed by atoms with van der Waals surface area (Å²) in [6, 6.07) is 1.31. The van der Waals surface area contributed by atoms with Crippen LogP contribution in [0.4, 0.5) is 0 Å². The van der Waals surface area contributed by atoms with Gasteiger partial charge in [-0.3, -0.25) is 4.90 Å². The molecule has 2 rings (SSSR count). The van der Waals surface area contributed by atoms with E-state index in [0.717, 1.165) is 19.1 Å². The zero-order valence-corrected chi connectivity index (χ0v) is 11.4. The molecular formula is C14H28N2O. The molecular weight excluding hydrogens is 212 g/mol. The number of nitrogens with zero attached hydrogens (tertiary/aromatic N) is 1. The highest BCUT2D eigenvalue weighted by Crippen LogP contribution is 2.38. The average molecular weight is 240 g/mol. The summed E-state index contributed by atoms with van der Waals surface area (Å²) in [6.45, 7) is 1.73. The third-order valence-electron chi connectivity index (χ3n) is 4.72. The Bertz CT molecular complexity index is 230. The van der Waals surface area contributed by atoms with Crippen molar-refractivity contribution < 1.29 is 4.74 Å². The van der Waals surface area contributed by atoms with E-state index in [9.17, 15) is 0 Å². The third kappa shape index (κ3) is 3.21. The summed E-state index contributed by atoms with van der Waals surface area (Å²) in [5.74, 6) is 1.58. The van der Waals surface area contributed by atoms with E-state index in [-0.39, 0.29) is 0 Å². The first-order valence-electron chi connectivity index (χ1n) is 7.18. The highest BCUT2D eigenvalue weighted by Gasteiger charge is 2.38. The molecule has 0 bridgehead atoms. The monoisotopic (exact) mass is 240 g/mol. The normalized spacial score (nSPS) is 31.8. The van der Waals surface area contributed by atoms with Gasteiger partial charge in [-0.2, -0.15) is 0 Å². The Morgan fingerprint density at radius 2 is 1.94 bits per heavy atom. The molecule has 2 aliphatic carbocycles. The van der Waals surface area contributed by atoms with E-state index in [2.05, 4.69) is 11.9 Å². The maximum Gasteiger partial charge on any atom is 0.0620 e. The smallest absolute Gasteiger partial charge is 0.0620 e. The number of methoxy groups -OCH3 is 1. The van der Waals surface area contributed by atoms with Crippen LogP contribution >= 0.6 is 0 Å². The van der Waals surface area contributed by atoms with Crippen molar-refractivity contribution in [2.24, 2.45) is 17.6 Å². The van der Waals surface area contributed by atoms with Gasteiger partial charge in [0.05, 0.1) is 6.61 Å². The molecule has 0 aliphatic heterocycles. The van der Waals surface area contributed by atoms with Gasteiger partial charge in [-0.1, -0.05) is 12.8 Å². The fourth-order valence-corrected chi connectivity index (χ4v) is 3.48. The molecule has 3 nitrogen and oxygen atoms in total. The van der Waals surface area contributed by atoms with E-state index in [1.165, 1.54) is 38.5 Å². The van der Waals surface area contributed by atoms with Gasteiger partial charge >= 0.3 is 0 Å². The standard InChI is InChI=1S/C14H28N2O/c1-16(14(10-17-2)11-7-8-11)13-6-4-3-5-12(13)9-15/h11-14H,3-10,15H2,1-2H3. The lowest BCUT2D eigenvalue weighted by Crippen LogP contribution is -2.50. The van der Waals surface area contributed by atoms with Crippen molar-refractivity contribution >= 4 is 0 Å². The van der Waals surface area contributed by atoms with Gasteiger partial charge in [0.2, 0.25) is 0 Å². The van der Waals surface area contributed by atoms with Crippen molar-refractivity contribution in [3.8, 4) is 0 Å². The SMILES string of the molecule is COCC(C1CC1)N(C)C1CCCCC1CN. The van der Waals surface area contributed by atoms with Crippen LogP contribution in [0, 0.1) is 11.8 Å². The highest BCUT2D eigenvalue weighted by atomic mass is 16.5. The second kappa shape index (κ2) is 6.17. The van der Waals surface area contributed by atoms with E-state index in [0.29, 0.717) is 18.0 Å². The molecule has 2 aliphatic rings. The Morgan fingerprint density at radius 1 is 1.24 bits per heavy atom. The molecule has 2 saturated carbocycles. The van der Waals surface area contributed by atoms with Crippen LogP contribution in [-0.4, -0.2) is 44.3 Å². The molecule has 0 aromatic heterocycles. The van der Waals surface area contributed by atoms with Crippen LogP contribution in [0.25, 0.3) is 0 Å². The predicted molar refractivity (Wildman–Crippen MR) is 71.0 cm³/mol. The number of hydrogen-bond donors (Lipinski definition) is 1. The molecule has 3 heteroatoms. The lowest BCUT2D eigenvalue weighted by Gasteiger charge is -2.41. The summed E-state index contributed by atoms with van der Waals surface area (Å²) in [6.07, 6.45) is 8.15. The first-order chi connectivity index (χ1) is 8.27. The minimum Gasteiger partial charge on any atom is -0.383 e. The van der Waals surface area contributed by atoms with Crippen molar-refractivity contribution in [2.45, 2.75) is 50.6 Å². The van der Waals surface area contributed by atoms with E-state index in [1.54, 1.807) is 0 Å². The topological polar surface area (TPSA) is 38.5 Å². The molecule has 0 spiro atoms. The summed E-state index contributed by atoms with van der Waals surface area (Å²) in [7, 11) is 4.12. The molecule has 0 saturated heterocycles. The zero-order chi connectivity index (χ0) is 12.3. The van der Waals surface area contributed by atoms with Gasteiger partial charge in [0.15, 0.2) is 0 Å². The Morgan fingerprint density at radius 3 is 2.53 bits per heavy atom. The van der Waals surface area contributed by atoms with Crippen molar-refractivity contribution in [3.63, 3.8) is 0 Å². The van der Waals surface area contributed by atoms with Crippen LogP contribution in [0.1, 0.15) is 38.5 Å². The number of ether oxygens (including phenoxy) is 1. The van der Waals surface area contributed by atoms with Gasteiger partial charge in [-0.15, -0.1) is 0 Å². The molecule has 3 unspecified atom stereocenters. The highest BCUT2D eigenvalue weighted by molar-refractivity contribution is 4.92. The first-order valence-corrected chi connectivity index (χ1v) is 7.18. The molecule has 2 N–H and O–H groups in total. The number of hydrogen-bond acceptors (Lipinski definition) is 3. The van der Waals surface area contributed by atoms with Crippen LogP contribution in [0.15, 0.2) is 0 Å². The average Bonchev–Trinajstić information content (AvgIpc) is 3.19. The van der Waals surface area contributed by atoms with Gasteiger partial charge in [0, 0.05) is 19.2 Å². The van der Waals surface area contributed by atoms with Gasteiger partial charge in [0.1, 0.15) is 0 Å². The van der Waals surface area contributed by atoms with E-state index in [4.69, 9.17) is 10.5 Å². The largest absolute Gasteiger partial charge is 0.383 e. The quantitative estimate of drug-likeness (QED) is 0.770. The predicted octanol–water partition coefficient (Wildman–Crippen LogP) is 1.86. The third-order valence-corrected chi connectivity index (χ3v) is 4.72. The maximum absolute atomic E-state index is 5.94. The first kappa shape index (κ1) is 13.3. The van der Waals surface area contributed by atoms with Gasteiger partial charge in [-0.05, 0) is 51.1 Å². The van der Waals surface area contributed by atoms with Crippen LogP contribution in [0.2, 0.25) is 0 Å². The zero-order valence-electron chi connectivity index (χ0n) is 11.4. The maximum atomic E-state index is 5.94. The molecule has 0 heterocycles.